The minimum atomic E-state index is 0.282. The fourth-order valence-corrected chi connectivity index (χ4v) is 1.98. The average Bonchev–Trinajstić information content (AvgIpc) is 2.39. The molecular formula is C16H17NO. The molecule has 0 spiro atoms. The Morgan fingerprint density at radius 3 is 2.56 bits per heavy atom. The number of hydrogen-bond acceptors (Lipinski definition) is 2. The molecule has 0 fully saturated rings. The van der Waals surface area contributed by atoms with E-state index in [0.29, 0.717) is 12.8 Å². The molecule has 0 N–H and O–H groups in total. The van der Waals surface area contributed by atoms with Crippen LogP contribution < -0.4 is 0 Å². The van der Waals surface area contributed by atoms with E-state index in [1.165, 1.54) is 11.1 Å². The Bertz CT molecular complexity index is 520. The van der Waals surface area contributed by atoms with Crippen molar-refractivity contribution in [3.63, 3.8) is 0 Å². The van der Waals surface area contributed by atoms with Gasteiger partial charge in [0, 0.05) is 25.2 Å². The van der Waals surface area contributed by atoms with Gasteiger partial charge >= 0.3 is 0 Å². The molecule has 0 saturated carbocycles. The van der Waals surface area contributed by atoms with Gasteiger partial charge in [0.05, 0.1) is 0 Å². The van der Waals surface area contributed by atoms with E-state index in [2.05, 4.69) is 24.0 Å². The highest BCUT2D eigenvalue weighted by atomic mass is 16.1. The van der Waals surface area contributed by atoms with E-state index >= 15 is 0 Å². The molecular weight excluding hydrogens is 222 g/mol. The zero-order valence-electron chi connectivity index (χ0n) is 10.6. The first-order valence-electron chi connectivity index (χ1n) is 6.21. The third-order valence-electron chi connectivity index (χ3n) is 3.09. The second-order valence-corrected chi connectivity index (χ2v) is 4.50. The second-order valence-electron chi connectivity index (χ2n) is 4.50. The van der Waals surface area contributed by atoms with Crippen molar-refractivity contribution in [1.82, 2.24) is 4.98 Å². The SMILES string of the molecule is Cc1ccccc1CCC(=O)Cc1ccncc1. The van der Waals surface area contributed by atoms with Crippen LogP contribution in [0.3, 0.4) is 0 Å². The number of carbonyl (C=O) groups excluding carboxylic acids is 1. The van der Waals surface area contributed by atoms with Crippen molar-refractivity contribution in [2.24, 2.45) is 0 Å². The number of aromatic nitrogens is 1. The molecule has 0 aliphatic carbocycles. The number of rotatable bonds is 5. The maximum absolute atomic E-state index is 11.9. The van der Waals surface area contributed by atoms with E-state index in [1.54, 1.807) is 12.4 Å². The highest BCUT2D eigenvalue weighted by Crippen LogP contribution is 2.10. The van der Waals surface area contributed by atoms with Gasteiger partial charge in [0.15, 0.2) is 0 Å². The van der Waals surface area contributed by atoms with Crippen molar-refractivity contribution in [3.05, 3.63) is 65.5 Å². The predicted molar refractivity (Wildman–Crippen MR) is 72.4 cm³/mol. The van der Waals surface area contributed by atoms with Crippen LogP contribution in [0.4, 0.5) is 0 Å². The summed E-state index contributed by atoms with van der Waals surface area (Å²) in [4.78, 5) is 15.8. The Morgan fingerprint density at radius 1 is 1.11 bits per heavy atom. The number of Topliss-reactive ketones (excluding diaryl/α,β-unsaturated/α-hetero) is 1. The molecule has 0 bridgehead atoms. The Balaban J connectivity index is 1.88. The van der Waals surface area contributed by atoms with Crippen LogP contribution in [-0.2, 0) is 17.6 Å². The molecule has 0 aliphatic rings. The number of aryl methyl sites for hydroxylation is 2. The second kappa shape index (κ2) is 6.10. The zero-order chi connectivity index (χ0) is 12.8. The van der Waals surface area contributed by atoms with E-state index in [-0.39, 0.29) is 5.78 Å². The number of ketones is 1. The van der Waals surface area contributed by atoms with Gasteiger partial charge in [-0.15, -0.1) is 0 Å². The van der Waals surface area contributed by atoms with Gasteiger partial charge in [0.2, 0.25) is 0 Å². The Kier molecular flexibility index (Phi) is 4.24. The van der Waals surface area contributed by atoms with Crippen LogP contribution in [0.25, 0.3) is 0 Å². The fraction of sp³-hybridized carbons (Fsp3) is 0.250. The first kappa shape index (κ1) is 12.5. The Labute approximate surface area is 108 Å². The van der Waals surface area contributed by atoms with Crippen molar-refractivity contribution >= 4 is 5.78 Å². The highest BCUT2D eigenvalue weighted by Gasteiger charge is 2.05. The molecule has 2 rings (SSSR count). The van der Waals surface area contributed by atoms with E-state index < -0.39 is 0 Å². The van der Waals surface area contributed by atoms with Gasteiger partial charge in [-0.2, -0.15) is 0 Å². The van der Waals surface area contributed by atoms with E-state index in [9.17, 15) is 4.79 Å². The van der Waals surface area contributed by atoms with Crippen molar-refractivity contribution in [2.45, 2.75) is 26.2 Å². The summed E-state index contributed by atoms with van der Waals surface area (Å²) >= 11 is 0. The van der Waals surface area contributed by atoms with E-state index in [4.69, 9.17) is 0 Å². The number of nitrogens with zero attached hydrogens (tertiary/aromatic N) is 1. The number of hydrogen-bond donors (Lipinski definition) is 0. The molecule has 0 saturated heterocycles. The molecule has 92 valence electrons. The summed E-state index contributed by atoms with van der Waals surface area (Å²) < 4.78 is 0. The normalized spacial score (nSPS) is 10.3. The molecule has 1 aromatic carbocycles. The average molecular weight is 239 g/mol. The van der Waals surface area contributed by atoms with Gasteiger partial charge in [-0.25, -0.2) is 0 Å². The van der Waals surface area contributed by atoms with Crippen LogP contribution in [-0.4, -0.2) is 10.8 Å². The van der Waals surface area contributed by atoms with Gasteiger partial charge < -0.3 is 0 Å². The fourth-order valence-electron chi connectivity index (χ4n) is 1.98. The molecule has 0 atom stereocenters. The molecule has 0 radical (unpaired) electrons. The van der Waals surface area contributed by atoms with Crippen LogP contribution in [0.5, 0.6) is 0 Å². The third kappa shape index (κ3) is 3.52. The highest BCUT2D eigenvalue weighted by molar-refractivity contribution is 5.81. The van der Waals surface area contributed by atoms with Crippen molar-refractivity contribution < 1.29 is 4.79 Å². The minimum absolute atomic E-state index is 0.282. The summed E-state index contributed by atoms with van der Waals surface area (Å²) in [5, 5.41) is 0. The minimum Gasteiger partial charge on any atom is -0.299 e. The maximum atomic E-state index is 11.9. The predicted octanol–water partition coefficient (Wildman–Crippen LogP) is 3.13. The van der Waals surface area contributed by atoms with Gasteiger partial charge in [-0.05, 0) is 42.2 Å². The maximum Gasteiger partial charge on any atom is 0.137 e. The molecule has 2 aromatic rings. The van der Waals surface area contributed by atoms with Crippen LogP contribution in [0.2, 0.25) is 0 Å². The van der Waals surface area contributed by atoms with E-state index in [0.717, 1.165) is 12.0 Å². The summed E-state index contributed by atoms with van der Waals surface area (Å²) in [7, 11) is 0. The lowest BCUT2D eigenvalue weighted by Gasteiger charge is -2.05. The number of carbonyl (C=O) groups is 1. The van der Waals surface area contributed by atoms with Crippen molar-refractivity contribution in [1.29, 1.82) is 0 Å². The number of benzene rings is 1. The van der Waals surface area contributed by atoms with Gasteiger partial charge in [-0.3, -0.25) is 9.78 Å². The summed E-state index contributed by atoms with van der Waals surface area (Å²) in [5.74, 6) is 0.282. The Hall–Kier alpha value is -1.96. The molecule has 18 heavy (non-hydrogen) atoms. The lowest BCUT2D eigenvalue weighted by atomic mass is 10.0. The summed E-state index contributed by atoms with van der Waals surface area (Å²) in [6.45, 7) is 2.09. The lowest BCUT2D eigenvalue weighted by molar-refractivity contribution is -0.118. The van der Waals surface area contributed by atoms with Gasteiger partial charge in [-0.1, -0.05) is 24.3 Å². The summed E-state index contributed by atoms with van der Waals surface area (Å²) in [5.41, 5.74) is 3.56. The zero-order valence-corrected chi connectivity index (χ0v) is 10.6. The third-order valence-corrected chi connectivity index (χ3v) is 3.09. The van der Waals surface area contributed by atoms with Gasteiger partial charge in [0.25, 0.3) is 0 Å². The molecule has 2 nitrogen and oxygen atoms in total. The monoisotopic (exact) mass is 239 g/mol. The topological polar surface area (TPSA) is 30.0 Å². The largest absolute Gasteiger partial charge is 0.299 e. The van der Waals surface area contributed by atoms with Crippen molar-refractivity contribution in [3.8, 4) is 0 Å². The summed E-state index contributed by atoms with van der Waals surface area (Å²) in [6, 6.07) is 12.0. The first-order valence-corrected chi connectivity index (χ1v) is 6.21. The molecule has 1 aromatic heterocycles. The number of pyridine rings is 1. The lowest BCUT2D eigenvalue weighted by Crippen LogP contribution is -2.05. The molecule has 0 amide bonds. The van der Waals surface area contributed by atoms with Crippen LogP contribution in [0, 0.1) is 6.92 Å². The van der Waals surface area contributed by atoms with Crippen molar-refractivity contribution in [2.75, 3.05) is 0 Å². The quantitative estimate of drug-likeness (QED) is 0.802. The Morgan fingerprint density at radius 2 is 1.83 bits per heavy atom. The van der Waals surface area contributed by atoms with Crippen LogP contribution >= 0.6 is 0 Å². The molecule has 0 aliphatic heterocycles. The van der Waals surface area contributed by atoms with Crippen LogP contribution in [0.15, 0.2) is 48.8 Å². The molecule has 0 unspecified atom stereocenters. The first-order chi connectivity index (χ1) is 8.75. The molecule has 1 heterocycles. The standard InChI is InChI=1S/C16H17NO/c1-13-4-2-3-5-15(13)6-7-16(18)12-14-8-10-17-11-9-14/h2-5,8-11H,6-7,12H2,1H3. The van der Waals surface area contributed by atoms with E-state index in [1.807, 2.05) is 24.3 Å². The smallest absolute Gasteiger partial charge is 0.137 e. The molecule has 2 heteroatoms. The van der Waals surface area contributed by atoms with Gasteiger partial charge in [0.1, 0.15) is 5.78 Å². The van der Waals surface area contributed by atoms with Crippen LogP contribution in [0.1, 0.15) is 23.1 Å². The summed E-state index contributed by atoms with van der Waals surface area (Å²) in [6.07, 6.45) is 5.39.